The Kier molecular flexibility index (Phi) is 3.63. The van der Waals surface area contributed by atoms with Gasteiger partial charge in [-0.15, -0.1) is 11.3 Å². The number of aromatic nitrogens is 1. The van der Waals surface area contributed by atoms with Gasteiger partial charge < -0.3 is 9.47 Å². The predicted octanol–water partition coefficient (Wildman–Crippen LogP) is 1.66. The van der Waals surface area contributed by atoms with Gasteiger partial charge in [0.25, 0.3) is 0 Å². The second-order valence-corrected chi connectivity index (χ2v) is 5.27. The van der Waals surface area contributed by atoms with Crippen LogP contribution in [0.3, 0.4) is 0 Å². The fourth-order valence-corrected chi connectivity index (χ4v) is 2.74. The van der Waals surface area contributed by atoms with E-state index in [1.165, 1.54) is 4.88 Å². The zero-order valence-electron chi connectivity index (χ0n) is 10.3. The van der Waals surface area contributed by atoms with Gasteiger partial charge in [-0.25, -0.2) is 0 Å². The molecule has 1 aliphatic heterocycles. The van der Waals surface area contributed by atoms with E-state index >= 15 is 0 Å². The number of ether oxygens (including phenoxy) is 2. The van der Waals surface area contributed by atoms with Crippen LogP contribution in [0.4, 0.5) is 0 Å². The average Bonchev–Trinajstić information content (AvgIpc) is 2.97. The lowest BCUT2D eigenvalue weighted by atomic mass is 10.0. The Labute approximate surface area is 115 Å². The first-order chi connectivity index (χ1) is 9.36. The van der Waals surface area contributed by atoms with Crippen molar-refractivity contribution in [2.45, 2.75) is 12.5 Å². The molecule has 1 aliphatic rings. The van der Waals surface area contributed by atoms with Crippen LogP contribution in [0.2, 0.25) is 0 Å². The zero-order valence-corrected chi connectivity index (χ0v) is 11.2. The van der Waals surface area contributed by atoms with Gasteiger partial charge >= 0.3 is 0 Å². The molecule has 5 nitrogen and oxygen atoms in total. The molecule has 0 aliphatic carbocycles. The summed E-state index contributed by atoms with van der Waals surface area (Å²) >= 11 is 1.63. The fraction of sp³-hybridized carbons (Fsp3) is 0.308. The van der Waals surface area contributed by atoms with Crippen molar-refractivity contribution in [3.8, 4) is 11.5 Å². The van der Waals surface area contributed by atoms with Gasteiger partial charge in [-0.05, 0) is 17.7 Å². The molecule has 1 unspecified atom stereocenters. The summed E-state index contributed by atoms with van der Waals surface area (Å²) < 4.78 is 11.1. The summed E-state index contributed by atoms with van der Waals surface area (Å²) in [6.45, 7) is 1.19. The molecule has 0 radical (unpaired) electrons. The molecule has 19 heavy (non-hydrogen) atoms. The monoisotopic (exact) mass is 277 g/mol. The summed E-state index contributed by atoms with van der Waals surface area (Å²) in [7, 11) is 0. The van der Waals surface area contributed by atoms with Crippen LogP contribution in [0.5, 0.6) is 11.5 Å². The number of nitrogens with zero attached hydrogens (tertiary/aromatic N) is 1. The van der Waals surface area contributed by atoms with Gasteiger partial charge in [-0.1, -0.05) is 6.07 Å². The van der Waals surface area contributed by atoms with E-state index in [2.05, 4.69) is 10.4 Å². The third-order valence-corrected chi connectivity index (χ3v) is 3.86. The molecule has 1 atom stereocenters. The molecule has 2 aromatic rings. The second-order valence-electron chi connectivity index (χ2n) is 4.29. The number of rotatable bonds is 4. The third-order valence-electron chi connectivity index (χ3n) is 3.06. The van der Waals surface area contributed by atoms with Crippen LogP contribution in [-0.4, -0.2) is 18.2 Å². The van der Waals surface area contributed by atoms with Crippen molar-refractivity contribution in [3.05, 3.63) is 40.3 Å². The highest BCUT2D eigenvalue weighted by molar-refractivity contribution is 7.09. The topological polar surface area (TPSA) is 69.4 Å². The average molecular weight is 277 g/mol. The summed E-state index contributed by atoms with van der Waals surface area (Å²) in [6.07, 6.45) is 2.67. The van der Waals surface area contributed by atoms with Crippen LogP contribution >= 0.6 is 11.3 Å². The summed E-state index contributed by atoms with van der Waals surface area (Å²) in [5.41, 5.74) is 5.76. The molecule has 2 heterocycles. The minimum absolute atomic E-state index is 0.0382. The van der Waals surface area contributed by atoms with Crippen molar-refractivity contribution in [3.63, 3.8) is 0 Å². The van der Waals surface area contributed by atoms with Gasteiger partial charge in [-0.3, -0.25) is 16.3 Å². The number of benzene rings is 1. The van der Waals surface area contributed by atoms with Crippen molar-refractivity contribution in [1.82, 2.24) is 10.4 Å². The molecule has 0 saturated carbocycles. The van der Waals surface area contributed by atoms with E-state index in [1.807, 2.05) is 29.9 Å². The SMILES string of the molecule is NNC(Cc1cncs1)c1ccc2c(c1)OCCO2. The number of fused-ring (bicyclic) bond motifs is 1. The van der Waals surface area contributed by atoms with Crippen LogP contribution in [0.15, 0.2) is 29.9 Å². The Morgan fingerprint density at radius 2 is 2.16 bits per heavy atom. The largest absolute Gasteiger partial charge is 0.486 e. The highest BCUT2D eigenvalue weighted by Gasteiger charge is 2.17. The van der Waals surface area contributed by atoms with Crippen molar-refractivity contribution in [2.75, 3.05) is 13.2 Å². The molecule has 3 N–H and O–H groups in total. The lowest BCUT2D eigenvalue weighted by molar-refractivity contribution is 0.171. The van der Waals surface area contributed by atoms with Gasteiger partial charge in [0, 0.05) is 17.5 Å². The number of nitrogens with one attached hydrogen (secondary N) is 1. The Bertz CT molecular complexity index is 545. The van der Waals surface area contributed by atoms with E-state index in [-0.39, 0.29) is 6.04 Å². The summed E-state index contributed by atoms with van der Waals surface area (Å²) in [4.78, 5) is 5.27. The molecule has 0 bridgehead atoms. The fourth-order valence-electron chi connectivity index (χ4n) is 2.09. The summed E-state index contributed by atoms with van der Waals surface area (Å²) in [6, 6.07) is 5.97. The highest BCUT2D eigenvalue weighted by atomic mass is 32.1. The van der Waals surface area contributed by atoms with Gasteiger partial charge in [0.1, 0.15) is 13.2 Å². The first-order valence-corrected chi connectivity index (χ1v) is 6.98. The smallest absolute Gasteiger partial charge is 0.161 e. The molecule has 6 heteroatoms. The number of hydrogen-bond donors (Lipinski definition) is 2. The number of nitrogens with two attached hydrogens (primary N) is 1. The third kappa shape index (κ3) is 2.70. The lowest BCUT2D eigenvalue weighted by Crippen LogP contribution is -2.29. The van der Waals surface area contributed by atoms with Crippen molar-refractivity contribution >= 4 is 11.3 Å². The van der Waals surface area contributed by atoms with Gasteiger partial charge in [-0.2, -0.15) is 0 Å². The van der Waals surface area contributed by atoms with Crippen molar-refractivity contribution in [1.29, 1.82) is 0 Å². The maximum atomic E-state index is 5.66. The number of hydrazine groups is 1. The molecule has 1 aromatic heterocycles. The van der Waals surface area contributed by atoms with E-state index in [0.29, 0.717) is 13.2 Å². The first-order valence-electron chi connectivity index (χ1n) is 6.10. The first kappa shape index (κ1) is 12.4. The standard InChI is InChI=1S/C13H15N3O2S/c14-16-11(6-10-7-15-8-19-10)9-1-2-12-13(5-9)18-4-3-17-12/h1-2,5,7-8,11,16H,3-4,6,14H2. The number of hydrogen-bond acceptors (Lipinski definition) is 6. The highest BCUT2D eigenvalue weighted by Crippen LogP contribution is 2.33. The van der Waals surface area contributed by atoms with E-state index < -0.39 is 0 Å². The van der Waals surface area contributed by atoms with Gasteiger partial charge in [0.05, 0.1) is 11.6 Å². The molecule has 0 amide bonds. The van der Waals surface area contributed by atoms with Crippen LogP contribution < -0.4 is 20.7 Å². The quantitative estimate of drug-likeness (QED) is 0.657. The number of thiazole rings is 1. The van der Waals surface area contributed by atoms with E-state index in [4.69, 9.17) is 15.3 Å². The molecule has 0 saturated heterocycles. The van der Waals surface area contributed by atoms with Crippen molar-refractivity contribution < 1.29 is 9.47 Å². The van der Waals surface area contributed by atoms with Gasteiger partial charge in [0.2, 0.25) is 0 Å². The van der Waals surface area contributed by atoms with Gasteiger partial charge in [0.15, 0.2) is 11.5 Å². The Morgan fingerprint density at radius 3 is 2.89 bits per heavy atom. The minimum atomic E-state index is 0.0382. The van der Waals surface area contributed by atoms with Crippen molar-refractivity contribution in [2.24, 2.45) is 5.84 Å². The normalized spacial score (nSPS) is 15.2. The van der Waals surface area contributed by atoms with E-state index in [9.17, 15) is 0 Å². The van der Waals surface area contributed by atoms with E-state index in [0.717, 1.165) is 23.5 Å². The second kappa shape index (κ2) is 5.56. The Hall–Kier alpha value is -1.63. The molecule has 100 valence electrons. The molecular weight excluding hydrogens is 262 g/mol. The summed E-state index contributed by atoms with van der Waals surface area (Å²) in [5, 5.41) is 0. The molecule has 0 spiro atoms. The lowest BCUT2D eigenvalue weighted by Gasteiger charge is -2.21. The van der Waals surface area contributed by atoms with Crippen LogP contribution in [0, 0.1) is 0 Å². The van der Waals surface area contributed by atoms with E-state index in [1.54, 1.807) is 11.3 Å². The Balaban J connectivity index is 1.82. The van der Waals surface area contributed by atoms with Crippen LogP contribution in [0.1, 0.15) is 16.5 Å². The molecule has 1 aromatic carbocycles. The van der Waals surface area contributed by atoms with Crippen LogP contribution in [0.25, 0.3) is 0 Å². The zero-order chi connectivity index (χ0) is 13.1. The Morgan fingerprint density at radius 1 is 1.32 bits per heavy atom. The molecule has 3 rings (SSSR count). The minimum Gasteiger partial charge on any atom is -0.486 e. The summed E-state index contributed by atoms with van der Waals surface area (Å²) in [5.74, 6) is 7.24. The predicted molar refractivity (Wildman–Crippen MR) is 73.3 cm³/mol. The molecular formula is C13H15N3O2S. The maximum Gasteiger partial charge on any atom is 0.161 e. The van der Waals surface area contributed by atoms with Crippen LogP contribution in [-0.2, 0) is 6.42 Å². The molecule has 0 fully saturated rings. The maximum absolute atomic E-state index is 5.66.